The van der Waals surface area contributed by atoms with E-state index in [0.29, 0.717) is 12.3 Å². The van der Waals surface area contributed by atoms with Crippen molar-refractivity contribution < 1.29 is 9.90 Å². The largest absolute Gasteiger partial charge is 0.507 e. The van der Waals surface area contributed by atoms with E-state index in [0.717, 1.165) is 24.1 Å². The van der Waals surface area contributed by atoms with Gasteiger partial charge in [-0.25, -0.2) is 0 Å². The summed E-state index contributed by atoms with van der Waals surface area (Å²) < 4.78 is 0. The van der Waals surface area contributed by atoms with Crippen LogP contribution in [0.2, 0.25) is 0 Å². The van der Waals surface area contributed by atoms with E-state index >= 15 is 0 Å². The molecule has 1 aliphatic heterocycles. The van der Waals surface area contributed by atoms with Gasteiger partial charge in [0.05, 0.1) is 6.04 Å². The van der Waals surface area contributed by atoms with Crippen LogP contribution in [0, 0.1) is 6.92 Å². The van der Waals surface area contributed by atoms with Crippen LogP contribution in [-0.2, 0) is 11.3 Å². The standard InChI is InChI=1S/C13H18N2O2/c1-9-4-3-5-10(12(9)16)8-14-11-6-7-15(2)13(11)17/h3-5,11,14,16H,6-8H2,1-2H3. The van der Waals surface area contributed by atoms with E-state index < -0.39 is 0 Å². The molecular weight excluding hydrogens is 216 g/mol. The number of hydrogen-bond acceptors (Lipinski definition) is 3. The van der Waals surface area contributed by atoms with E-state index in [4.69, 9.17) is 0 Å². The number of carbonyl (C=O) groups excluding carboxylic acids is 1. The van der Waals surface area contributed by atoms with Crippen LogP contribution in [0.5, 0.6) is 5.75 Å². The number of likely N-dealkylation sites (N-methyl/N-ethyl adjacent to an activating group) is 1. The first-order valence-corrected chi connectivity index (χ1v) is 5.85. The molecular formula is C13H18N2O2. The molecule has 1 unspecified atom stereocenters. The van der Waals surface area contributed by atoms with Crippen LogP contribution in [0.1, 0.15) is 17.5 Å². The van der Waals surface area contributed by atoms with Gasteiger partial charge in [-0.3, -0.25) is 4.79 Å². The van der Waals surface area contributed by atoms with Crippen LogP contribution >= 0.6 is 0 Å². The lowest BCUT2D eigenvalue weighted by atomic mass is 10.1. The predicted molar refractivity (Wildman–Crippen MR) is 65.7 cm³/mol. The summed E-state index contributed by atoms with van der Waals surface area (Å²) >= 11 is 0. The summed E-state index contributed by atoms with van der Waals surface area (Å²) in [5.41, 5.74) is 1.70. The van der Waals surface area contributed by atoms with Crippen LogP contribution in [-0.4, -0.2) is 35.5 Å². The molecule has 1 saturated heterocycles. The number of carbonyl (C=O) groups is 1. The Hall–Kier alpha value is -1.55. The summed E-state index contributed by atoms with van der Waals surface area (Å²) in [5, 5.41) is 13.0. The zero-order valence-corrected chi connectivity index (χ0v) is 10.2. The molecule has 1 atom stereocenters. The number of benzene rings is 1. The molecule has 4 nitrogen and oxygen atoms in total. The smallest absolute Gasteiger partial charge is 0.239 e. The van der Waals surface area contributed by atoms with E-state index in [-0.39, 0.29) is 11.9 Å². The molecule has 1 fully saturated rings. The van der Waals surface area contributed by atoms with Crippen molar-refractivity contribution in [3.63, 3.8) is 0 Å². The monoisotopic (exact) mass is 234 g/mol. The van der Waals surface area contributed by atoms with Crippen molar-refractivity contribution in [2.75, 3.05) is 13.6 Å². The first-order valence-electron chi connectivity index (χ1n) is 5.85. The highest BCUT2D eigenvalue weighted by molar-refractivity contribution is 5.83. The number of aryl methyl sites for hydroxylation is 1. The molecule has 17 heavy (non-hydrogen) atoms. The van der Waals surface area contributed by atoms with Crippen LogP contribution in [0.4, 0.5) is 0 Å². The van der Waals surface area contributed by atoms with Crippen LogP contribution in [0.25, 0.3) is 0 Å². The van der Waals surface area contributed by atoms with E-state index in [2.05, 4.69) is 5.32 Å². The Morgan fingerprint density at radius 2 is 2.29 bits per heavy atom. The fraction of sp³-hybridized carbons (Fsp3) is 0.462. The molecule has 2 rings (SSSR count). The van der Waals surface area contributed by atoms with Crippen molar-refractivity contribution in [3.05, 3.63) is 29.3 Å². The lowest BCUT2D eigenvalue weighted by Crippen LogP contribution is -2.36. The van der Waals surface area contributed by atoms with Crippen molar-refractivity contribution in [1.29, 1.82) is 0 Å². The summed E-state index contributed by atoms with van der Waals surface area (Å²) in [5.74, 6) is 0.455. The molecule has 0 aliphatic carbocycles. The second kappa shape index (κ2) is 4.75. The third kappa shape index (κ3) is 2.42. The van der Waals surface area contributed by atoms with Gasteiger partial charge >= 0.3 is 0 Å². The number of phenolic OH excluding ortho intramolecular Hbond substituents is 1. The maximum absolute atomic E-state index is 11.7. The van der Waals surface area contributed by atoms with Gasteiger partial charge in [-0.2, -0.15) is 0 Å². The second-order valence-electron chi connectivity index (χ2n) is 4.56. The molecule has 0 radical (unpaired) electrons. The van der Waals surface area contributed by atoms with Gasteiger partial charge < -0.3 is 15.3 Å². The lowest BCUT2D eigenvalue weighted by molar-refractivity contribution is -0.128. The van der Waals surface area contributed by atoms with Crippen LogP contribution in [0.15, 0.2) is 18.2 Å². The molecule has 1 aliphatic rings. The van der Waals surface area contributed by atoms with Gasteiger partial charge in [0.15, 0.2) is 0 Å². The Bertz CT molecular complexity index is 431. The molecule has 1 aromatic carbocycles. The van der Waals surface area contributed by atoms with Gasteiger partial charge in [-0.05, 0) is 18.9 Å². The summed E-state index contributed by atoms with van der Waals surface area (Å²) in [6.45, 7) is 3.20. The summed E-state index contributed by atoms with van der Waals surface area (Å²) in [6.07, 6.45) is 0.835. The fourth-order valence-corrected chi connectivity index (χ4v) is 2.11. The van der Waals surface area contributed by atoms with Crippen molar-refractivity contribution in [3.8, 4) is 5.75 Å². The first kappa shape index (κ1) is 11.9. The average Bonchev–Trinajstić information content (AvgIpc) is 2.62. The Morgan fingerprint density at radius 3 is 2.94 bits per heavy atom. The highest BCUT2D eigenvalue weighted by Crippen LogP contribution is 2.21. The molecule has 1 heterocycles. The number of hydrogen-bond donors (Lipinski definition) is 2. The highest BCUT2D eigenvalue weighted by Gasteiger charge is 2.28. The molecule has 0 bridgehead atoms. The highest BCUT2D eigenvalue weighted by atomic mass is 16.3. The van der Waals surface area contributed by atoms with E-state index in [1.54, 1.807) is 4.90 Å². The maximum atomic E-state index is 11.7. The van der Waals surface area contributed by atoms with Gasteiger partial charge in [0.2, 0.25) is 5.91 Å². The zero-order valence-electron chi connectivity index (χ0n) is 10.2. The Labute approximate surface area is 101 Å². The minimum atomic E-state index is -0.111. The number of para-hydroxylation sites is 1. The van der Waals surface area contributed by atoms with Crippen LogP contribution in [0.3, 0.4) is 0 Å². The van der Waals surface area contributed by atoms with Gasteiger partial charge in [-0.1, -0.05) is 18.2 Å². The van der Waals surface area contributed by atoms with Gasteiger partial charge in [-0.15, -0.1) is 0 Å². The van der Waals surface area contributed by atoms with Crippen molar-refractivity contribution in [2.45, 2.75) is 25.9 Å². The van der Waals surface area contributed by atoms with Gasteiger partial charge in [0, 0.05) is 25.7 Å². The molecule has 0 saturated carbocycles. The molecule has 4 heteroatoms. The molecule has 0 spiro atoms. The van der Waals surface area contributed by atoms with Gasteiger partial charge in [0.25, 0.3) is 0 Å². The number of phenols is 1. The number of nitrogens with one attached hydrogen (secondary N) is 1. The number of rotatable bonds is 3. The molecule has 92 valence electrons. The average molecular weight is 234 g/mol. The van der Waals surface area contributed by atoms with Crippen molar-refractivity contribution in [1.82, 2.24) is 10.2 Å². The third-order valence-electron chi connectivity index (χ3n) is 3.29. The second-order valence-corrected chi connectivity index (χ2v) is 4.56. The SMILES string of the molecule is Cc1cccc(CNC2CCN(C)C2=O)c1O. The topological polar surface area (TPSA) is 52.6 Å². The Kier molecular flexibility index (Phi) is 3.33. The summed E-state index contributed by atoms with van der Waals surface area (Å²) in [7, 11) is 1.81. The lowest BCUT2D eigenvalue weighted by Gasteiger charge is -2.13. The number of aromatic hydroxyl groups is 1. The number of amides is 1. The number of likely N-dealkylation sites (tertiary alicyclic amines) is 1. The first-order chi connectivity index (χ1) is 8.09. The Balaban J connectivity index is 1.99. The normalized spacial score (nSPS) is 20.0. The third-order valence-corrected chi connectivity index (χ3v) is 3.29. The summed E-state index contributed by atoms with van der Waals surface area (Å²) in [6, 6.07) is 5.54. The van der Waals surface area contributed by atoms with E-state index in [9.17, 15) is 9.90 Å². The number of nitrogens with zero attached hydrogens (tertiary/aromatic N) is 1. The molecule has 1 aromatic rings. The fourth-order valence-electron chi connectivity index (χ4n) is 2.11. The summed E-state index contributed by atoms with van der Waals surface area (Å²) in [4.78, 5) is 13.4. The minimum Gasteiger partial charge on any atom is -0.507 e. The molecule has 2 N–H and O–H groups in total. The van der Waals surface area contributed by atoms with E-state index in [1.165, 1.54) is 0 Å². The van der Waals surface area contributed by atoms with Crippen LogP contribution < -0.4 is 5.32 Å². The Morgan fingerprint density at radius 1 is 1.53 bits per heavy atom. The predicted octanol–water partition coefficient (Wildman–Crippen LogP) is 1.02. The van der Waals surface area contributed by atoms with E-state index in [1.807, 2.05) is 32.2 Å². The van der Waals surface area contributed by atoms with Gasteiger partial charge in [0.1, 0.15) is 5.75 Å². The van der Waals surface area contributed by atoms with Crippen molar-refractivity contribution in [2.24, 2.45) is 0 Å². The zero-order chi connectivity index (χ0) is 12.4. The van der Waals surface area contributed by atoms with Crippen molar-refractivity contribution >= 4 is 5.91 Å². The minimum absolute atomic E-state index is 0.111. The maximum Gasteiger partial charge on any atom is 0.239 e. The molecule has 1 amide bonds. The quantitative estimate of drug-likeness (QED) is 0.821. The molecule has 0 aromatic heterocycles.